The summed E-state index contributed by atoms with van der Waals surface area (Å²) in [5.74, 6) is 0. The van der Waals surface area contributed by atoms with Gasteiger partial charge in [-0.05, 0) is 0 Å². The van der Waals surface area contributed by atoms with E-state index in [1.54, 1.807) is 0 Å². The molecule has 0 atom stereocenters. The first-order valence-corrected chi connectivity index (χ1v) is 0. The van der Waals surface area contributed by atoms with Crippen LogP contribution >= 0.6 is 0 Å². The molecular weight excluding hydrogens is 384 g/mol. The van der Waals surface area contributed by atoms with Gasteiger partial charge in [0.25, 0.3) is 0 Å². The van der Waals surface area contributed by atoms with Gasteiger partial charge in [-0.1, -0.05) is 29.7 Å². The number of rotatable bonds is 0. The van der Waals surface area contributed by atoms with E-state index in [0.717, 1.165) is 0 Å². The second-order valence-corrected chi connectivity index (χ2v) is 0. The molecule has 0 aliphatic rings. The molecule has 0 saturated heterocycles. The third-order valence-corrected chi connectivity index (χ3v) is 0. The summed E-state index contributed by atoms with van der Waals surface area (Å²) in [6.07, 6.45) is 0. The summed E-state index contributed by atoms with van der Waals surface area (Å²) in [6.45, 7) is 0. The maximum Gasteiger partial charge on any atom is 0 e. The van der Waals surface area contributed by atoms with Crippen molar-refractivity contribution in [3.05, 3.63) is 7.43 Å². The van der Waals surface area contributed by atoms with Crippen molar-refractivity contribution in [2.24, 2.45) is 0 Å². The Labute approximate surface area is 108 Å². The first-order chi connectivity index (χ1) is 0. The molecule has 54 valence electrons. The summed E-state index contributed by atoms with van der Waals surface area (Å²) in [4.78, 5) is 0. The monoisotopic (exact) mass is 403 g/mol. The summed E-state index contributed by atoms with van der Waals surface area (Å²) in [5, 5.41) is 0. The van der Waals surface area contributed by atoms with E-state index in [1.165, 1.54) is 0 Å². The Morgan fingerprint density at radius 3 is 0.625 bits per heavy atom. The van der Waals surface area contributed by atoms with Crippen LogP contribution in [0, 0.1) is 7.43 Å². The van der Waals surface area contributed by atoms with Crippen molar-refractivity contribution in [3.63, 3.8) is 0 Å². The van der Waals surface area contributed by atoms with Gasteiger partial charge in [-0.15, -0.1) is 0 Å². The van der Waals surface area contributed by atoms with Gasteiger partial charge in [0, 0.05) is 72.3 Å². The van der Waals surface area contributed by atoms with Crippen molar-refractivity contribution in [2.75, 3.05) is 0 Å². The predicted octanol–water partition coefficient (Wildman–Crippen LogP) is 2.99. The minimum absolute atomic E-state index is 0. The van der Waals surface area contributed by atoms with E-state index in [9.17, 15) is 0 Å². The van der Waals surface area contributed by atoms with Gasteiger partial charge in [0.2, 0.25) is 0 Å². The molecule has 0 amide bonds. The van der Waals surface area contributed by atoms with Crippen molar-refractivity contribution in [2.45, 2.75) is 29.7 Å². The Bertz CT molecular complexity index is 12.4. The molecule has 0 nitrogen and oxygen atoms in total. The Kier molecular flexibility index (Phi) is 2350. The van der Waals surface area contributed by atoms with E-state index >= 15 is 0 Å². The van der Waals surface area contributed by atoms with Gasteiger partial charge in [-0.25, -0.2) is 0 Å². The molecule has 0 rings (SSSR count). The molecule has 0 aromatic rings. The van der Waals surface area contributed by atoms with Gasteiger partial charge in [0.15, 0.2) is 0 Å². The molecule has 8 heavy (non-hydrogen) atoms. The van der Waals surface area contributed by atoms with E-state index < -0.39 is 0 Å². The fraction of sp³-hybridized carbons (Fsp3) is 0.800. The van der Waals surface area contributed by atoms with Crippen molar-refractivity contribution in [1.82, 2.24) is 0 Å². The average molecular weight is 403 g/mol. The van der Waals surface area contributed by atoms with Crippen molar-refractivity contribution in [3.8, 4) is 0 Å². The molecule has 0 N–H and O–H groups in total. The Balaban J connectivity index is 0. The first-order valence-electron chi connectivity index (χ1n) is 0. The zero-order valence-electron chi connectivity index (χ0n) is 2.43. The quantitative estimate of drug-likeness (QED) is 0.546. The van der Waals surface area contributed by atoms with Gasteiger partial charge in [-0.3, -0.25) is 0 Å². The minimum Gasteiger partial charge on any atom is -0.358 e. The standard InChI is InChI=1S/4CH4.CH3.V.W.Y/h4*1H4;1H3;;;/q;;;;-1;;;. The van der Waals surface area contributed by atoms with Crippen LogP contribution in [0.5, 0.6) is 0 Å². The van der Waals surface area contributed by atoms with Crippen LogP contribution in [0.3, 0.4) is 0 Å². The van der Waals surface area contributed by atoms with Crippen LogP contribution in [0.15, 0.2) is 0 Å². The molecule has 3 heteroatoms. The first kappa shape index (κ1) is 162. The summed E-state index contributed by atoms with van der Waals surface area (Å²) in [5.41, 5.74) is 0. The molecule has 0 saturated carbocycles. The van der Waals surface area contributed by atoms with E-state index in [2.05, 4.69) is 0 Å². The predicted molar refractivity (Wildman–Crippen MR) is 33.3 cm³/mol. The van der Waals surface area contributed by atoms with E-state index in [1.807, 2.05) is 0 Å². The Morgan fingerprint density at radius 1 is 0.625 bits per heavy atom. The zero-order chi connectivity index (χ0) is 0. The minimum atomic E-state index is 0. The van der Waals surface area contributed by atoms with Crippen LogP contribution in [-0.2, 0) is 72.3 Å². The van der Waals surface area contributed by atoms with Gasteiger partial charge < -0.3 is 7.43 Å². The van der Waals surface area contributed by atoms with Crippen molar-refractivity contribution < 1.29 is 72.3 Å². The molecule has 0 heterocycles. The zero-order valence-corrected chi connectivity index (χ0v) is 9.60. The molecule has 0 aliphatic carbocycles. The molecular formula is C5H19VWY-. The van der Waals surface area contributed by atoms with Gasteiger partial charge in [0.05, 0.1) is 0 Å². The SMILES string of the molecule is C.C.C.C.[CH3-].[V].[W].[Y]. The summed E-state index contributed by atoms with van der Waals surface area (Å²) >= 11 is 0. The van der Waals surface area contributed by atoms with Crippen molar-refractivity contribution in [1.29, 1.82) is 0 Å². The summed E-state index contributed by atoms with van der Waals surface area (Å²) < 4.78 is 0. The second-order valence-electron chi connectivity index (χ2n) is 0. The summed E-state index contributed by atoms with van der Waals surface area (Å²) in [7, 11) is 0. The molecule has 0 aromatic heterocycles. The fourth-order valence-electron chi connectivity index (χ4n) is 0. The van der Waals surface area contributed by atoms with Crippen LogP contribution < -0.4 is 0 Å². The Morgan fingerprint density at radius 2 is 0.625 bits per heavy atom. The average Bonchev–Trinajstić information content (AvgIpc) is 0. The molecule has 0 spiro atoms. The van der Waals surface area contributed by atoms with Gasteiger partial charge >= 0.3 is 0 Å². The van der Waals surface area contributed by atoms with Crippen LogP contribution in [0.2, 0.25) is 0 Å². The largest absolute Gasteiger partial charge is 0.358 e. The number of hydrogen-bond donors (Lipinski definition) is 0. The molecule has 0 aromatic carbocycles. The van der Waals surface area contributed by atoms with E-state index in [4.69, 9.17) is 0 Å². The van der Waals surface area contributed by atoms with Crippen LogP contribution in [0.25, 0.3) is 0 Å². The van der Waals surface area contributed by atoms with Crippen molar-refractivity contribution >= 4 is 0 Å². The van der Waals surface area contributed by atoms with Crippen LogP contribution in [-0.4, -0.2) is 0 Å². The molecule has 0 aliphatic heterocycles. The molecule has 0 fully saturated rings. The third kappa shape index (κ3) is 80.7. The van der Waals surface area contributed by atoms with E-state index in [0.29, 0.717) is 0 Å². The van der Waals surface area contributed by atoms with Crippen LogP contribution in [0.4, 0.5) is 0 Å². The van der Waals surface area contributed by atoms with E-state index in [-0.39, 0.29) is 109 Å². The molecule has 0 unspecified atom stereocenters. The molecule has 2 radical (unpaired) electrons. The molecule has 0 bridgehead atoms. The second kappa shape index (κ2) is 116. The normalized spacial score (nSPS) is 0. The number of hydrogen-bond acceptors (Lipinski definition) is 0. The fourth-order valence-corrected chi connectivity index (χ4v) is 0. The topological polar surface area (TPSA) is 0 Å². The maximum atomic E-state index is 0. The maximum absolute atomic E-state index is 0. The summed E-state index contributed by atoms with van der Waals surface area (Å²) in [6, 6.07) is 0. The Hall–Kier alpha value is 2.38. The smallest absolute Gasteiger partial charge is 0 e. The van der Waals surface area contributed by atoms with Gasteiger partial charge in [0.1, 0.15) is 0 Å². The van der Waals surface area contributed by atoms with Gasteiger partial charge in [-0.2, -0.15) is 0 Å². The third-order valence-electron chi connectivity index (χ3n) is 0. The van der Waals surface area contributed by atoms with Crippen LogP contribution in [0.1, 0.15) is 29.7 Å².